The fraction of sp³-hybridized carbons (Fsp3) is 0.0492. The summed E-state index contributed by atoms with van der Waals surface area (Å²) < 4.78 is 0. The first-order chi connectivity index (χ1) is 30.0. The van der Waals surface area contributed by atoms with Crippen LogP contribution in [0.1, 0.15) is 36.1 Å². The largest absolute Gasteiger partial charge is 0.0619 e. The van der Waals surface area contributed by atoms with E-state index in [0.717, 1.165) is 0 Å². The van der Waals surface area contributed by atoms with Gasteiger partial charge in [0.2, 0.25) is 0 Å². The van der Waals surface area contributed by atoms with Crippen LogP contribution in [0, 0.1) is 0 Å². The molecule has 0 saturated heterocycles. The van der Waals surface area contributed by atoms with Gasteiger partial charge in [0.25, 0.3) is 0 Å². The van der Waals surface area contributed by atoms with Crippen LogP contribution in [-0.2, 0) is 5.41 Å². The summed E-state index contributed by atoms with van der Waals surface area (Å²) in [6.07, 6.45) is 4.60. The second kappa shape index (κ2) is 13.8. The molecule has 0 aliphatic heterocycles. The molecule has 0 aromatic heterocycles. The molecule has 1 aliphatic rings. The predicted molar refractivity (Wildman–Crippen MR) is 263 cm³/mol. The van der Waals surface area contributed by atoms with E-state index in [1.54, 1.807) is 0 Å². The van der Waals surface area contributed by atoms with Gasteiger partial charge in [0.05, 0.1) is 0 Å². The van der Waals surface area contributed by atoms with Crippen molar-refractivity contribution >= 4 is 66.0 Å². The molecule has 0 unspecified atom stereocenters. The van der Waals surface area contributed by atoms with Crippen LogP contribution in [0.3, 0.4) is 0 Å². The summed E-state index contributed by atoms with van der Waals surface area (Å²) in [6.45, 7) is 4.74. The van der Waals surface area contributed by atoms with Gasteiger partial charge >= 0.3 is 0 Å². The van der Waals surface area contributed by atoms with E-state index in [-0.39, 0.29) is 5.41 Å². The van der Waals surface area contributed by atoms with Crippen molar-refractivity contribution in [2.24, 2.45) is 0 Å². The van der Waals surface area contributed by atoms with Crippen LogP contribution in [0.4, 0.5) is 0 Å². The van der Waals surface area contributed by atoms with Crippen molar-refractivity contribution in [1.29, 1.82) is 0 Å². The highest BCUT2D eigenvalue weighted by Gasteiger charge is 2.35. The Balaban J connectivity index is 1.00. The highest BCUT2D eigenvalue weighted by atomic mass is 14.4. The predicted octanol–water partition coefficient (Wildman–Crippen LogP) is 16.9. The number of fused-ring (bicyclic) bond motifs is 8. The lowest BCUT2D eigenvalue weighted by Crippen LogP contribution is -2.14. The molecule has 0 N–H and O–H groups in total. The SMILES string of the molecule is CC1(C)c2ccccc2-c2ccc(-c3c4ccccc4c(-c4ccc(/C=C/c5ccc(-c6cccc7ccccc67)c6ccccc56)c5ccccc45)c4ccccc34)cc21. The van der Waals surface area contributed by atoms with E-state index in [9.17, 15) is 0 Å². The van der Waals surface area contributed by atoms with Crippen molar-refractivity contribution in [1.82, 2.24) is 0 Å². The van der Waals surface area contributed by atoms with Gasteiger partial charge in [-0.05, 0) is 127 Å². The molecule has 0 atom stereocenters. The molecule has 0 saturated carbocycles. The first kappa shape index (κ1) is 35.4. The van der Waals surface area contributed by atoms with Crippen LogP contribution in [0.2, 0.25) is 0 Å². The number of hydrogen-bond acceptors (Lipinski definition) is 0. The highest BCUT2D eigenvalue weighted by molar-refractivity contribution is 6.24. The smallest absolute Gasteiger partial charge is 0.0159 e. The summed E-state index contributed by atoms with van der Waals surface area (Å²) in [5.41, 5.74) is 15.5. The first-order valence-corrected chi connectivity index (χ1v) is 21.4. The Labute approximate surface area is 356 Å². The average Bonchev–Trinajstić information content (AvgIpc) is 3.54. The van der Waals surface area contributed by atoms with Gasteiger partial charge < -0.3 is 0 Å². The zero-order chi connectivity index (χ0) is 40.7. The van der Waals surface area contributed by atoms with E-state index in [2.05, 4.69) is 232 Å². The molecular formula is C61H42. The van der Waals surface area contributed by atoms with Gasteiger partial charge in [-0.2, -0.15) is 0 Å². The third-order valence-corrected chi connectivity index (χ3v) is 13.5. The van der Waals surface area contributed by atoms with Gasteiger partial charge in [-0.15, -0.1) is 0 Å². The lowest BCUT2D eigenvalue weighted by molar-refractivity contribution is 0.660. The van der Waals surface area contributed by atoms with Crippen molar-refractivity contribution in [3.8, 4) is 44.5 Å². The van der Waals surface area contributed by atoms with Gasteiger partial charge in [-0.25, -0.2) is 0 Å². The zero-order valence-electron chi connectivity index (χ0n) is 34.3. The molecule has 286 valence electrons. The maximum absolute atomic E-state index is 2.47. The molecule has 0 amide bonds. The third-order valence-electron chi connectivity index (χ3n) is 13.5. The van der Waals surface area contributed by atoms with Crippen LogP contribution in [0.15, 0.2) is 206 Å². The Morgan fingerprint density at radius 1 is 0.295 bits per heavy atom. The summed E-state index contributed by atoms with van der Waals surface area (Å²) in [5, 5.41) is 12.6. The Kier molecular flexibility index (Phi) is 7.99. The lowest BCUT2D eigenvalue weighted by Gasteiger charge is -2.23. The molecule has 0 bridgehead atoms. The molecule has 0 fully saturated rings. The van der Waals surface area contributed by atoms with E-state index in [1.165, 1.54) is 121 Å². The molecule has 0 spiro atoms. The highest BCUT2D eigenvalue weighted by Crippen LogP contribution is 2.51. The fourth-order valence-corrected chi connectivity index (χ4v) is 10.6. The molecule has 11 aromatic carbocycles. The summed E-state index contributed by atoms with van der Waals surface area (Å²) in [5.74, 6) is 0. The Hall–Kier alpha value is -7.54. The number of rotatable bonds is 5. The average molecular weight is 775 g/mol. The zero-order valence-corrected chi connectivity index (χ0v) is 34.3. The maximum atomic E-state index is 2.47. The van der Waals surface area contributed by atoms with E-state index in [4.69, 9.17) is 0 Å². The van der Waals surface area contributed by atoms with E-state index >= 15 is 0 Å². The topological polar surface area (TPSA) is 0 Å². The third kappa shape index (κ3) is 5.46. The van der Waals surface area contributed by atoms with Crippen LogP contribution < -0.4 is 0 Å². The molecular weight excluding hydrogens is 733 g/mol. The summed E-state index contributed by atoms with van der Waals surface area (Å²) in [4.78, 5) is 0. The van der Waals surface area contributed by atoms with Crippen molar-refractivity contribution in [3.05, 3.63) is 229 Å². The maximum Gasteiger partial charge on any atom is 0.0159 e. The van der Waals surface area contributed by atoms with E-state index in [0.29, 0.717) is 0 Å². The van der Waals surface area contributed by atoms with E-state index < -0.39 is 0 Å². The molecule has 0 radical (unpaired) electrons. The van der Waals surface area contributed by atoms with Gasteiger partial charge in [-0.3, -0.25) is 0 Å². The first-order valence-electron chi connectivity index (χ1n) is 21.4. The number of benzene rings is 11. The molecule has 0 heteroatoms. The molecule has 1 aliphatic carbocycles. The van der Waals surface area contributed by atoms with Gasteiger partial charge in [0.1, 0.15) is 0 Å². The van der Waals surface area contributed by atoms with Gasteiger partial charge in [0, 0.05) is 5.41 Å². The molecule has 0 heterocycles. The standard InChI is InChI=1S/C61H42/c1-61(2)57-29-14-13-23-50(57)51-36-34-42(38-58(51)61)59-52-24-9-11-26-54(52)60(55-27-12-10-25-53(55)59)56-37-33-41(45-20-6-8-22-48(45)56)31-30-40-32-35-49(46-21-7-5-19-44(40)46)47-28-15-17-39-16-3-4-18-43(39)47/h3-38H,1-2H3/b31-30+. The molecule has 61 heavy (non-hydrogen) atoms. The van der Waals surface area contributed by atoms with Crippen LogP contribution in [-0.4, -0.2) is 0 Å². The van der Waals surface area contributed by atoms with Crippen molar-refractivity contribution in [2.45, 2.75) is 19.3 Å². The van der Waals surface area contributed by atoms with Crippen LogP contribution in [0.5, 0.6) is 0 Å². The molecule has 0 nitrogen and oxygen atoms in total. The van der Waals surface area contributed by atoms with Gasteiger partial charge in [0.15, 0.2) is 0 Å². The second-order valence-corrected chi connectivity index (χ2v) is 17.1. The van der Waals surface area contributed by atoms with Gasteiger partial charge in [-0.1, -0.05) is 226 Å². The number of hydrogen-bond donors (Lipinski definition) is 0. The lowest BCUT2D eigenvalue weighted by atomic mass is 9.80. The minimum absolute atomic E-state index is 0.0728. The Morgan fingerprint density at radius 3 is 1.38 bits per heavy atom. The summed E-state index contributed by atoms with van der Waals surface area (Å²) in [6, 6.07) is 76.5. The Bertz CT molecular complexity index is 3550. The van der Waals surface area contributed by atoms with Crippen LogP contribution >= 0.6 is 0 Å². The molecule has 12 rings (SSSR count). The summed E-state index contributed by atoms with van der Waals surface area (Å²) in [7, 11) is 0. The quantitative estimate of drug-likeness (QED) is 0.121. The van der Waals surface area contributed by atoms with Crippen molar-refractivity contribution in [2.75, 3.05) is 0 Å². The second-order valence-electron chi connectivity index (χ2n) is 17.1. The van der Waals surface area contributed by atoms with Crippen LogP contribution in [0.25, 0.3) is 111 Å². The van der Waals surface area contributed by atoms with E-state index in [1.807, 2.05) is 0 Å². The van der Waals surface area contributed by atoms with Crippen molar-refractivity contribution < 1.29 is 0 Å². The molecule has 11 aromatic rings. The monoisotopic (exact) mass is 774 g/mol. The summed E-state index contributed by atoms with van der Waals surface area (Å²) >= 11 is 0. The Morgan fingerprint density at radius 2 is 0.721 bits per heavy atom. The minimum Gasteiger partial charge on any atom is -0.0619 e. The normalized spacial score (nSPS) is 13.1. The van der Waals surface area contributed by atoms with Crippen molar-refractivity contribution in [3.63, 3.8) is 0 Å². The fourth-order valence-electron chi connectivity index (χ4n) is 10.6. The minimum atomic E-state index is -0.0728.